The van der Waals surface area contributed by atoms with Crippen LogP contribution in [0.4, 0.5) is 0 Å². The van der Waals surface area contributed by atoms with E-state index in [1.54, 1.807) is 4.90 Å². The molecule has 1 aliphatic heterocycles. The van der Waals surface area contributed by atoms with Gasteiger partial charge in [-0.3, -0.25) is 14.4 Å². The van der Waals surface area contributed by atoms with Gasteiger partial charge in [0.2, 0.25) is 5.91 Å². The van der Waals surface area contributed by atoms with Gasteiger partial charge in [0, 0.05) is 29.4 Å². The number of piperazine rings is 1. The molecule has 3 N–H and O–H groups in total. The lowest BCUT2D eigenvalue weighted by Crippen LogP contribution is -2.70. The molecule has 0 bridgehead atoms. The van der Waals surface area contributed by atoms with Gasteiger partial charge < -0.3 is 20.7 Å². The summed E-state index contributed by atoms with van der Waals surface area (Å²) in [5.74, 6) is -0.746. The third-order valence-corrected chi connectivity index (χ3v) is 7.22. The fraction of sp³-hybridized carbons (Fsp3) is 0.400. The van der Waals surface area contributed by atoms with Crippen molar-refractivity contribution in [3.8, 4) is 0 Å². The standard InChI is InChI=1S/C25H28ClN3O4/c26-20-8-4-7-19(13-20)24(16-27)11-9-21(10-12-24)29-15-22(31)28-25(23(29)32,33-17-30)14-18-5-2-1-3-6-18/h1-8,13,17,21H,9-12,14-16,27H2,(H,28,31)/t21?,24?,25-/m0/s1. The molecule has 8 heteroatoms. The smallest absolute Gasteiger partial charge is 0.295 e. The Morgan fingerprint density at radius 2 is 1.85 bits per heavy atom. The third-order valence-electron chi connectivity index (χ3n) is 6.99. The zero-order valence-corrected chi connectivity index (χ0v) is 19.1. The van der Waals surface area contributed by atoms with Gasteiger partial charge in [0.15, 0.2) is 0 Å². The normalized spacial score (nSPS) is 27.7. The Bertz CT molecular complexity index is 1020. The number of nitrogens with one attached hydrogen (secondary N) is 1. The minimum absolute atomic E-state index is 0.0605. The number of hydrogen-bond acceptors (Lipinski definition) is 5. The van der Waals surface area contributed by atoms with Crippen molar-refractivity contribution >= 4 is 29.9 Å². The fourth-order valence-corrected chi connectivity index (χ4v) is 5.36. The minimum atomic E-state index is -1.74. The summed E-state index contributed by atoms with van der Waals surface area (Å²) in [5, 5.41) is 3.31. The molecule has 4 rings (SSSR count). The number of ether oxygens (including phenoxy) is 1. The van der Waals surface area contributed by atoms with Gasteiger partial charge >= 0.3 is 0 Å². The van der Waals surface area contributed by atoms with E-state index in [4.69, 9.17) is 22.1 Å². The first-order valence-electron chi connectivity index (χ1n) is 11.1. The second-order valence-corrected chi connectivity index (χ2v) is 9.35. The van der Waals surface area contributed by atoms with Crippen molar-refractivity contribution in [2.75, 3.05) is 13.1 Å². The van der Waals surface area contributed by atoms with E-state index in [9.17, 15) is 14.4 Å². The molecule has 7 nitrogen and oxygen atoms in total. The van der Waals surface area contributed by atoms with E-state index >= 15 is 0 Å². The molecule has 2 aromatic rings. The molecule has 33 heavy (non-hydrogen) atoms. The first kappa shape index (κ1) is 23.3. The Kier molecular flexibility index (Phi) is 6.72. The Morgan fingerprint density at radius 1 is 1.12 bits per heavy atom. The fourth-order valence-electron chi connectivity index (χ4n) is 5.17. The third kappa shape index (κ3) is 4.61. The maximum absolute atomic E-state index is 13.6. The molecule has 1 saturated carbocycles. The van der Waals surface area contributed by atoms with Crippen LogP contribution in [-0.4, -0.2) is 48.0 Å². The quantitative estimate of drug-likeness (QED) is 0.607. The lowest BCUT2D eigenvalue weighted by Gasteiger charge is -2.47. The number of carbonyl (C=O) groups is 3. The van der Waals surface area contributed by atoms with Crippen LogP contribution >= 0.6 is 11.6 Å². The first-order valence-corrected chi connectivity index (χ1v) is 11.5. The summed E-state index contributed by atoms with van der Waals surface area (Å²) in [4.78, 5) is 39.2. The molecule has 2 amide bonds. The monoisotopic (exact) mass is 469 g/mol. The number of nitrogens with zero attached hydrogens (tertiary/aromatic N) is 1. The summed E-state index contributed by atoms with van der Waals surface area (Å²) < 4.78 is 5.28. The maximum Gasteiger partial charge on any atom is 0.295 e. The van der Waals surface area contributed by atoms with Crippen LogP contribution in [0.1, 0.15) is 36.8 Å². The number of carbonyl (C=O) groups excluding carboxylic acids is 3. The van der Waals surface area contributed by atoms with Crippen LogP contribution in [0.15, 0.2) is 54.6 Å². The van der Waals surface area contributed by atoms with Crippen molar-refractivity contribution in [3.63, 3.8) is 0 Å². The molecular formula is C25H28ClN3O4. The predicted octanol–water partition coefficient (Wildman–Crippen LogP) is 2.55. The summed E-state index contributed by atoms with van der Waals surface area (Å²) in [7, 11) is 0. The zero-order chi connectivity index (χ0) is 23.5. The summed E-state index contributed by atoms with van der Waals surface area (Å²) in [6, 6.07) is 16.8. The molecule has 2 aromatic carbocycles. The number of amides is 2. The van der Waals surface area contributed by atoms with Crippen molar-refractivity contribution in [2.45, 2.75) is 49.3 Å². The van der Waals surface area contributed by atoms with Gasteiger partial charge in [-0.2, -0.15) is 0 Å². The van der Waals surface area contributed by atoms with Gasteiger partial charge in [0.1, 0.15) is 6.54 Å². The lowest BCUT2D eigenvalue weighted by molar-refractivity contribution is -0.180. The Hall–Kier alpha value is -2.90. The van der Waals surface area contributed by atoms with Crippen molar-refractivity contribution in [1.29, 1.82) is 0 Å². The number of rotatable bonds is 7. The highest BCUT2D eigenvalue weighted by atomic mass is 35.5. The van der Waals surface area contributed by atoms with Crippen LogP contribution in [-0.2, 0) is 31.0 Å². The van der Waals surface area contributed by atoms with Crippen molar-refractivity contribution in [1.82, 2.24) is 10.2 Å². The van der Waals surface area contributed by atoms with Crippen molar-refractivity contribution < 1.29 is 19.1 Å². The van der Waals surface area contributed by atoms with Crippen molar-refractivity contribution in [2.24, 2.45) is 5.73 Å². The van der Waals surface area contributed by atoms with Crippen LogP contribution in [0.3, 0.4) is 0 Å². The van der Waals surface area contributed by atoms with Gasteiger partial charge in [-0.25, -0.2) is 0 Å². The second kappa shape index (κ2) is 9.53. The lowest BCUT2D eigenvalue weighted by atomic mass is 9.68. The molecule has 0 radical (unpaired) electrons. The average molecular weight is 470 g/mol. The number of nitrogens with two attached hydrogens (primary N) is 1. The molecule has 1 aliphatic carbocycles. The van der Waals surface area contributed by atoms with Gasteiger partial charge in [-0.05, 0) is 48.9 Å². The summed E-state index contributed by atoms with van der Waals surface area (Å²) in [5.41, 5.74) is 6.13. The highest BCUT2D eigenvalue weighted by Crippen LogP contribution is 2.41. The molecule has 1 saturated heterocycles. The maximum atomic E-state index is 13.6. The topological polar surface area (TPSA) is 102 Å². The van der Waals surface area contributed by atoms with E-state index < -0.39 is 11.6 Å². The molecule has 2 aliphatic rings. The zero-order valence-electron chi connectivity index (χ0n) is 18.3. The number of benzene rings is 2. The molecule has 0 unspecified atom stereocenters. The van der Waals surface area contributed by atoms with Gasteiger partial charge in [0.25, 0.3) is 18.1 Å². The summed E-state index contributed by atoms with van der Waals surface area (Å²) in [6.45, 7) is 0.639. The molecule has 0 spiro atoms. The van der Waals surface area contributed by atoms with E-state index in [0.29, 0.717) is 24.4 Å². The Morgan fingerprint density at radius 3 is 2.48 bits per heavy atom. The van der Waals surface area contributed by atoms with Crippen LogP contribution in [0.5, 0.6) is 0 Å². The van der Waals surface area contributed by atoms with E-state index in [0.717, 1.165) is 24.0 Å². The molecule has 2 fully saturated rings. The number of hydrogen-bond donors (Lipinski definition) is 2. The predicted molar refractivity (Wildman–Crippen MR) is 124 cm³/mol. The van der Waals surface area contributed by atoms with E-state index in [1.807, 2.05) is 54.6 Å². The molecule has 1 atom stereocenters. The van der Waals surface area contributed by atoms with Crippen LogP contribution in [0.2, 0.25) is 5.02 Å². The number of halogens is 1. The molecular weight excluding hydrogens is 442 g/mol. The van der Waals surface area contributed by atoms with Gasteiger partial charge in [0.05, 0.1) is 0 Å². The van der Waals surface area contributed by atoms with Gasteiger partial charge in [-0.1, -0.05) is 54.1 Å². The Labute approximate surface area is 198 Å². The summed E-state index contributed by atoms with van der Waals surface area (Å²) in [6.07, 6.45) is 2.96. The summed E-state index contributed by atoms with van der Waals surface area (Å²) >= 11 is 6.22. The van der Waals surface area contributed by atoms with Crippen LogP contribution in [0.25, 0.3) is 0 Å². The SMILES string of the molecule is NCC1(c2cccc(Cl)c2)CCC(N2CC(=O)N[C@@](Cc3ccccc3)(OC=O)C2=O)CC1. The minimum Gasteiger partial charge on any atom is -0.431 e. The highest BCUT2D eigenvalue weighted by molar-refractivity contribution is 6.30. The van der Waals surface area contributed by atoms with E-state index in [-0.39, 0.29) is 36.8 Å². The largest absolute Gasteiger partial charge is 0.431 e. The van der Waals surface area contributed by atoms with E-state index in [2.05, 4.69) is 5.32 Å². The van der Waals surface area contributed by atoms with Crippen LogP contribution in [0, 0.1) is 0 Å². The van der Waals surface area contributed by atoms with Gasteiger partial charge in [-0.15, -0.1) is 0 Å². The van der Waals surface area contributed by atoms with Crippen LogP contribution < -0.4 is 11.1 Å². The highest BCUT2D eigenvalue weighted by Gasteiger charge is 2.51. The molecule has 174 valence electrons. The molecule has 1 heterocycles. The molecule has 0 aromatic heterocycles. The Balaban J connectivity index is 1.55. The second-order valence-electron chi connectivity index (χ2n) is 8.91. The first-order chi connectivity index (χ1) is 15.9. The van der Waals surface area contributed by atoms with E-state index in [1.165, 1.54) is 0 Å². The van der Waals surface area contributed by atoms with Crippen molar-refractivity contribution in [3.05, 3.63) is 70.7 Å². The average Bonchev–Trinajstić information content (AvgIpc) is 2.82.